The van der Waals surface area contributed by atoms with Crippen molar-refractivity contribution < 1.29 is 19.5 Å². The first kappa shape index (κ1) is 61.2. The van der Waals surface area contributed by atoms with Crippen LogP contribution < -0.4 is 9.97 Å². The van der Waals surface area contributed by atoms with Crippen LogP contribution in [0.15, 0.2) is 309 Å². The SMILES string of the molecule is Cc1c2ccccc2cc2ccccc12.Cc1c2ccccc2cc2ccccc12.Cc1cccc2cc3ccccc3cc12.[Zn+2].c1ccc2c(c1)-c1nc-2nc2[n-]c(nc3nc(nc4[n-]c(n1)c1ccccc41)-c1ccccc1-3)c1c(-c3c4ccccc4cc4ccccc34)cccc21. The van der Waals surface area contributed by atoms with Gasteiger partial charge in [0.05, 0.1) is 23.3 Å². The summed E-state index contributed by atoms with van der Waals surface area (Å²) in [6, 6.07) is 108. The number of nitrogens with zero attached hydrogens (tertiary/aromatic N) is 8. The normalized spacial score (nSPS) is 11.5. The molecule has 0 unspecified atom stereocenters. The predicted octanol–water partition coefficient (Wildman–Crippen LogP) is 23.0. The molecule has 0 saturated heterocycles. The van der Waals surface area contributed by atoms with Gasteiger partial charge in [0, 0.05) is 50.2 Å². The van der Waals surface area contributed by atoms with Crippen LogP contribution in [-0.4, -0.2) is 29.9 Å². The van der Waals surface area contributed by atoms with E-state index in [1.165, 1.54) is 81.3 Å². The molecule has 5 heterocycles. The van der Waals surface area contributed by atoms with Crippen molar-refractivity contribution >= 4 is 130 Å². The van der Waals surface area contributed by atoms with Crippen LogP contribution in [0.1, 0.15) is 16.7 Å². The van der Waals surface area contributed by atoms with Gasteiger partial charge in [0.15, 0.2) is 0 Å². The molecule has 0 fully saturated rings. The first-order valence-corrected chi connectivity index (χ1v) is 33.5. The van der Waals surface area contributed by atoms with Crippen molar-refractivity contribution in [2.24, 2.45) is 0 Å². The van der Waals surface area contributed by atoms with Gasteiger partial charge in [-0.05, 0) is 181 Å². The van der Waals surface area contributed by atoms with Crippen molar-refractivity contribution in [3.63, 3.8) is 0 Å². The Labute approximate surface area is 589 Å². The molecule has 100 heavy (non-hydrogen) atoms. The molecule has 19 aromatic rings. The second kappa shape index (κ2) is 25.5. The Morgan fingerprint density at radius 1 is 0.210 bits per heavy atom. The Bertz CT molecular complexity index is 6380. The summed E-state index contributed by atoms with van der Waals surface area (Å²) in [6.45, 7) is 6.56. The van der Waals surface area contributed by atoms with Gasteiger partial charge in [0.25, 0.3) is 0 Å². The van der Waals surface area contributed by atoms with Crippen LogP contribution in [0.5, 0.6) is 0 Å². The van der Waals surface area contributed by atoms with Crippen molar-refractivity contribution in [3.05, 3.63) is 326 Å². The Morgan fingerprint density at radius 2 is 0.480 bits per heavy atom. The van der Waals surface area contributed by atoms with Gasteiger partial charge >= 0.3 is 19.5 Å². The van der Waals surface area contributed by atoms with Crippen LogP contribution in [0.25, 0.3) is 187 Å². The monoisotopic (exact) mass is 1330 g/mol. The Morgan fingerprint density at radius 3 is 0.910 bits per heavy atom. The number of benzene rings is 16. The molecule has 8 bridgehead atoms. The number of aromatic nitrogens is 8. The Kier molecular flexibility index (Phi) is 15.6. The zero-order valence-electron chi connectivity index (χ0n) is 55.2. The van der Waals surface area contributed by atoms with Gasteiger partial charge in [0.2, 0.25) is 0 Å². The summed E-state index contributed by atoms with van der Waals surface area (Å²) in [5, 5.41) is 24.2. The van der Waals surface area contributed by atoms with E-state index in [2.05, 4.69) is 257 Å². The number of hydrogen-bond donors (Lipinski definition) is 0. The summed E-state index contributed by atoms with van der Waals surface area (Å²) >= 11 is 0. The maximum Gasteiger partial charge on any atom is 2.00 e. The summed E-state index contributed by atoms with van der Waals surface area (Å²) in [7, 11) is 0. The molecule has 0 saturated carbocycles. The topological polar surface area (TPSA) is 106 Å². The zero-order chi connectivity index (χ0) is 66.1. The molecule has 21 rings (SSSR count). The summed E-state index contributed by atoms with van der Waals surface area (Å²) in [4.78, 5) is 40.9. The standard InChI is InChI=1S/C46H24N8.3C15H12.Zn/c1-3-14-27-25(12-1)24-26-13-2-4-15-28(26)37(27)35-22-11-23-36-38(35)46-53-44-34-21-10-9-20-33(34)42(51-44)49-40-30-17-6-5-16-29(30)39(47-40)48-41-31-18-7-8-19-32(31)43(50-41)52-45(36)54-46;2*1-11-14-8-4-2-6-12(14)10-13-7-3-5-9-15(11)13;1-11-5-4-8-14-9-12-6-2-3-7-13(12)10-15(11)14;/h1-24H;3*2-10H,1H3;/q-2;;;;+2. The molecule has 2 aliphatic heterocycles. The smallest absolute Gasteiger partial charge is 0.357 e. The predicted molar refractivity (Wildman–Crippen MR) is 413 cm³/mol. The summed E-state index contributed by atoms with van der Waals surface area (Å²) in [5.74, 6) is 2.13. The number of aryl methyl sites for hydroxylation is 3. The van der Waals surface area contributed by atoms with E-state index in [1.807, 2.05) is 72.8 Å². The van der Waals surface area contributed by atoms with E-state index >= 15 is 0 Å². The molecule has 0 radical (unpaired) electrons. The fraction of sp³-hybridized carbons (Fsp3) is 0.0330. The van der Waals surface area contributed by atoms with Crippen LogP contribution in [-0.2, 0) is 19.5 Å². The average molecular weight is 1330 g/mol. The van der Waals surface area contributed by atoms with E-state index in [-0.39, 0.29) is 19.5 Å². The fourth-order valence-corrected chi connectivity index (χ4v) is 14.7. The molecular formula is C91H60N8Zn. The molecule has 0 spiro atoms. The molecule has 466 valence electrons. The minimum atomic E-state index is 0. The second-order valence-corrected chi connectivity index (χ2v) is 25.4. The molecule has 8 nitrogen and oxygen atoms in total. The summed E-state index contributed by atoms with van der Waals surface area (Å²) < 4.78 is 0. The largest absolute Gasteiger partial charge is 2.00 e. The van der Waals surface area contributed by atoms with Crippen LogP contribution in [0.4, 0.5) is 0 Å². The fourth-order valence-electron chi connectivity index (χ4n) is 14.7. The summed E-state index contributed by atoms with van der Waals surface area (Å²) in [5.41, 5.74) is 11.9. The Hall–Kier alpha value is -12.4. The van der Waals surface area contributed by atoms with Gasteiger partial charge in [-0.15, -0.1) is 0 Å². The number of rotatable bonds is 1. The third-order valence-electron chi connectivity index (χ3n) is 19.5. The third kappa shape index (κ3) is 10.8. The second-order valence-electron chi connectivity index (χ2n) is 25.4. The van der Waals surface area contributed by atoms with Crippen LogP contribution in [0, 0.1) is 20.8 Å². The van der Waals surface area contributed by atoms with E-state index in [1.54, 1.807) is 0 Å². The molecule has 0 aliphatic carbocycles. The van der Waals surface area contributed by atoms with Crippen LogP contribution in [0.2, 0.25) is 0 Å². The molecule has 9 heteroatoms. The molecule has 0 amide bonds. The number of fused-ring (bicyclic) bond motifs is 28. The number of hydrogen-bond acceptors (Lipinski definition) is 6. The Balaban J connectivity index is 0.000000130. The van der Waals surface area contributed by atoms with E-state index in [0.29, 0.717) is 45.9 Å². The van der Waals surface area contributed by atoms with Crippen molar-refractivity contribution in [1.82, 2.24) is 39.9 Å². The van der Waals surface area contributed by atoms with Crippen LogP contribution >= 0.6 is 0 Å². The van der Waals surface area contributed by atoms with E-state index in [9.17, 15) is 0 Å². The molecule has 0 atom stereocenters. The van der Waals surface area contributed by atoms with E-state index < -0.39 is 0 Å². The van der Waals surface area contributed by atoms with Crippen molar-refractivity contribution in [2.75, 3.05) is 0 Å². The van der Waals surface area contributed by atoms with E-state index in [0.717, 1.165) is 76.5 Å². The summed E-state index contributed by atoms with van der Waals surface area (Å²) in [6.07, 6.45) is 0. The molecule has 16 aromatic carbocycles. The minimum absolute atomic E-state index is 0. The molecule has 0 N–H and O–H groups in total. The molecular weight excluding hydrogens is 1270 g/mol. The van der Waals surface area contributed by atoms with Gasteiger partial charge in [-0.2, -0.15) is 0 Å². The van der Waals surface area contributed by atoms with Crippen molar-refractivity contribution in [2.45, 2.75) is 20.8 Å². The zero-order valence-corrected chi connectivity index (χ0v) is 58.2. The first-order valence-electron chi connectivity index (χ1n) is 33.5. The maximum absolute atomic E-state index is 5.30. The minimum Gasteiger partial charge on any atom is -0.357 e. The first-order chi connectivity index (χ1) is 48.8. The maximum atomic E-state index is 5.30. The van der Waals surface area contributed by atoms with Crippen LogP contribution in [0.3, 0.4) is 0 Å². The molecule has 3 aromatic heterocycles. The van der Waals surface area contributed by atoms with Gasteiger partial charge in [-0.1, -0.05) is 279 Å². The quantitative estimate of drug-likeness (QED) is 0.118. The third-order valence-corrected chi connectivity index (χ3v) is 19.5. The van der Waals surface area contributed by atoms with Gasteiger partial charge in [-0.3, -0.25) is 0 Å². The van der Waals surface area contributed by atoms with Crippen molar-refractivity contribution in [1.29, 1.82) is 0 Å². The van der Waals surface area contributed by atoms with E-state index in [4.69, 9.17) is 39.9 Å². The van der Waals surface area contributed by atoms with Gasteiger partial charge in [0.1, 0.15) is 0 Å². The van der Waals surface area contributed by atoms with Gasteiger partial charge < -0.3 is 29.9 Å². The average Bonchev–Trinajstić information content (AvgIpc) is 1.51. The van der Waals surface area contributed by atoms with Crippen molar-refractivity contribution in [3.8, 4) is 56.7 Å². The van der Waals surface area contributed by atoms with Gasteiger partial charge in [-0.25, -0.2) is 9.97 Å². The molecule has 2 aliphatic rings.